The number of fused-ring (bicyclic) bond motifs is 3. The molecule has 0 saturated carbocycles. The zero-order chi connectivity index (χ0) is 61.1. The molecule has 3 aliphatic rings. The van der Waals surface area contributed by atoms with Gasteiger partial charge in [-0.3, -0.25) is 19.9 Å². The number of methoxy groups -OCH3 is 3. The number of aliphatic hydroxyl groups is 2. The van der Waals surface area contributed by atoms with E-state index in [2.05, 4.69) is 76.6 Å². The van der Waals surface area contributed by atoms with Gasteiger partial charge in [-0.05, 0) is 111 Å². The highest BCUT2D eigenvalue weighted by Gasteiger charge is 2.37. The van der Waals surface area contributed by atoms with Gasteiger partial charge in [0.05, 0.1) is 61.6 Å². The van der Waals surface area contributed by atoms with E-state index in [1.54, 1.807) is 51.6 Å². The van der Waals surface area contributed by atoms with Crippen LogP contribution in [0, 0.1) is 20.8 Å². The number of nitrogens with zero attached hydrogens (tertiary/aromatic N) is 4. The van der Waals surface area contributed by atoms with Crippen molar-refractivity contribution in [3.8, 4) is 45.3 Å². The molecule has 0 spiro atoms. The standard InChI is InChI=1S/C24H20N2O4.C19H23O2P.C13H12ClNO3.C11H10BNO3.ClH/c1-13-19(23(27)24(28)29-2)21(15-5-3-4-6-17(15)26-13)16-7-8-18-20-14(10-12-30-18)9-11-25-22(16)20;1-13-8-6-10-15(20-5)17(13)14-9-7-11-16-18(14)22(12-21-16)19(2,3)4;1-7-10(12(16)13(17)18-2)11(14)8-5-3-4-6-9(8)15-7;14-12(15)8-1-2-9-10-7(4-6-16-9)3-5-13-11(8)10;/h3-9,11,23,27H,10,12H2,1-2H3;6-11H,12H2,1-5H3;3-6,12,16H,1-2H3;1-3,5,14-15H,4,6H2;1H/t23-;22-;12-;;/m010../s1. The summed E-state index contributed by atoms with van der Waals surface area (Å²) in [5, 5.41) is 44.6. The Bertz CT molecular complexity index is 4220. The number of pyridine rings is 4. The van der Waals surface area contributed by atoms with Crippen LogP contribution >= 0.6 is 31.9 Å². The van der Waals surface area contributed by atoms with Gasteiger partial charge in [-0.1, -0.05) is 99.1 Å². The van der Waals surface area contributed by atoms with E-state index in [9.17, 15) is 29.9 Å². The van der Waals surface area contributed by atoms with Crippen LogP contribution in [0.2, 0.25) is 5.02 Å². The molecule has 7 heterocycles. The van der Waals surface area contributed by atoms with E-state index >= 15 is 0 Å². The molecule has 0 unspecified atom stereocenters. The maximum atomic E-state index is 12.3. The van der Waals surface area contributed by atoms with Crippen LogP contribution in [0.15, 0.2) is 134 Å². The second kappa shape index (κ2) is 27.0. The average molecular weight is 1230 g/mol. The van der Waals surface area contributed by atoms with E-state index in [1.807, 2.05) is 78.9 Å². The van der Waals surface area contributed by atoms with Crippen molar-refractivity contribution in [3.05, 3.63) is 178 Å². The summed E-state index contributed by atoms with van der Waals surface area (Å²) in [4.78, 5) is 41.5. The third kappa shape index (κ3) is 12.6. The summed E-state index contributed by atoms with van der Waals surface area (Å²) in [5.74, 6) is 2.07. The number of hydrogen-bond donors (Lipinski definition) is 4. The highest BCUT2D eigenvalue weighted by molar-refractivity contribution is 7.67. The normalized spacial score (nSPS) is 14.2. The summed E-state index contributed by atoms with van der Waals surface area (Å²) in [6.45, 7) is 13.8. The van der Waals surface area contributed by atoms with Gasteiger partial charge < -0.3 is 48.7 Å². The minimum Gasteiger partial charge on any atom is -0.496 e. The fourth-order valence-corrected chi connectivity index (χ4v) is 14.0. The average Bonchev–Trinajstić information content (AvgIpc) is 1.34. The van der Waals surface area contributed by atoms with Crippen molar-refractivity contribution in [2.24, 2.45) is 0 Å². The number of halogens is 2. The first kappa shape index (κ1) is 63.5. The van der Waals surface area contributed by atoms with Gasteiger partial charge in [0.25, 0.3) is 0 Å². The molecule has 0 fully saturated rings. The van der Waals surface area contributed by atoms with Crippen molar-refractivity contribution in [1.82, 2.24) is 19.9 Å². The van der Waals surface area contributed by atoms with Crippen LogP contribution in [-0.2, 0) is 31.9 Å². The minimum atomic E-state index is -1.50. The number of ether oxygens (including phenoxy) is 6. The molecular formula is C67H66BCl2N4O12P. The number of hydrogen-bond acceptors (Lipinski definition) is 16. The Labute approximate surface area is 516 Å². The summed E-state index contributed by atoms with van der Waals surface area (Å²) in [5.41, 5.74) is 12.7. The van der Waals surface area contributed by atoms with Crippen molar-refractivity contribution in [3.63, 3.8) is 0 Å². The molecule has 10 aromatic rings. The number of aliphatic hydroxyl groups excluding tert-OH is 2. The first-order chi connectivity index (χ1) is 41.4. The number of carbonyl (C=O) groups is 2. The molecule has 0 radical (unpaired) electrons. The predicted molar refractivity (Wildman–Crippen MR) is 345 cm³/mol. The lowest BCUT2D eigenvalue weighted by molar-refractivity contribution is -0.151. The molecule has 448 valence electrons. The van der Waals surface area contributed by atoms with E-state index in [1.165, 1.54) is 41.8 Å². The summed E-state index contributed by atoms with van der Waals surface area (Å²) in [6.07, 6.45) is 3.07. The monoisotopic (exact) mass is 1230 g/mol. The molecule has 4 N–H and O–H groups in total. The lowest BCUT2D eigenvalue weighted by Crippen LogP contribution is -2.31. The Morgan fingerprint density at radius 3 is 1.78 bits per heavy atom. The quantitative estimate of drug-likeness (QED) is 0.0631. The van der Waals surface area contributed by atoms with Gasteiger partial charge >= 0.3 is 19.1 Å². The van der Waals surface area contributed by atoms with Crippen LogP contribution in [0.3, 0.4) is 0 Å². The first-order valence-electron chi connectivity index (χ1n) is 27.9. The summed E-state index contributed by atoms with van der Waals surface area (Å²) in [6, 6.07) is 38.8. The molecular weight excluding hydrogens is 1170 g/mol. The van der Waals surface area contributed by atoms with E-state index in [0.717, 1.165) is 91.6 Å². The van der Waals surface area contributed by atoms with E-state index in [-0.39, 0.29) is 25.5 Å². The van der Waals surface area contributed by atoms with Crippen molar-refractivity contribution < 1.29 is 58.3 Å². The number of para-hydroxylation sites is 2. The molecule has 87 heavy (non-hydrogen) atoms. The zero-order valence-corrected chi connectivity index (χ0v) is 52.0. The fraction of sp³-hybridized carbons (Fsp3) is 0.254. The van der Waals surface area contributed by atoms with Crippen molar-refractivity contribution in [2.75, 3.05) is 40.9 Å². The predicted octanol–water partition coefficient (Wildman–Crippen LogP) is 11.5. The smallest absolute Gasteiger partial charge is 0.490 e. The Kier molecular flexibility index (Phi) is 19.7. The van der Waals surface area contributed by atoms with Gasteiger partial charge in [0.2, 0.25) is 0 Å². The van der Waals surface area contributed by atoms with Gasteiger partial charge in [0.15, 0.2) is 12.2 Å². The zero-order valence-electron chi connectivity index (χ0n) is 49.5. The first-order valence-corrected chi connectivity index (χ1v) is 29.8. The number of aromatic nitrogens is 4. The molecule has 4 aromatic heterocycles. The van der Waals surface area contributed by atoms with Crippen molar-refractivity contribution in [1.29, 1.82) is 0 Å². The molecule has 0 bridgehead atoms. The largest absolute Gasteiger partial charge is 0.496 e. The molecule has 3 atom stereocenters. The minimum absolute atomic E-state index is 0. The lowest BCUT2D eigenvalue weighted by atomic mass is 9.78. The van der Waals surface area contributed by atoms with E-state index in [4.69, 9.17) is 35.3 Å². The van der Waals surface area contributed by atoms with Gasteiger partial charge in [0.1, 0.15) is 29.3 Å². The molecule has 3 aliphatic heterocycles. The molecule has 0 saturated heterocycles. The van der Waals surface area contributed by atoms with Crippen LogP contribution in [-0.4, -0.2) is 105 Å². The van der Waals surface area contributed by atoms with Crippen LogP contribution < -0.4 is 29.7 Å². The highest BCUT2D eigenvalue weighted by Crippen LogP contribution is 2.56. The SMILES string of the molecule is COC(=O)[C@@H](O)c1c(C)nc2ccccc2c1-c1ccc2c3c(ccnc13)CCO2.COC(=O)[C@@H](O)c1c(C)nc2ccccc2c1Cl.COc1cccc(C)c1-c1cccc2c1[P@](C(C)(C)C)CO2.Cl.OB(O)c1ccc2c3c(ccnc13)CCO2. The maximum Gasteiger partial charge on any atom is 0.490 e. The van der Waals surface area contributed by atoms with Crippen LogP contribution in [0.25, 0.3) is 65.9 Å². The van der Waals surface area contributed by atoms with Crippen molar-refractivity contribution in [2.45, 2.75) is 71.7 Å². The number of esters is 2. The molecule has 0 amide bonds. The Morgan fingerprint density at radius 2 is 1.17 bits per heavy atom. The lowest BCUT2D eigenvalue weighted by Gasteiger charge is -2.28. The van der Waals surface area contributed by atoms with Gasteiger partial charge in [0, 0.05) is 96.8 Å². The second-order valence-electron chi connectivity index (χ2n) is 21.7. The fourth-order valence-electron chi connectivity index (χ4n) is 11.3. The molecule has 6 aromatic carbocycles. The highest BCUT2D eigenvalue weighted by atomic mass is 35.5. The third-order valence-electron chi connectivity index (χ3n) is 15.4. The molecule has 13 rings (SSSR count). The summed E-state index contributed by atoms with van der Waals surface area (Å²) >= 11 is 6.23. The number of aryl methyl sites for hydroxylation is 3. The van der Waals surface area contributed by atoms with Crippen molar-refractivity contribution >= 4 is 105 Å². The Morgan fingerprint density at radius 1 is 0.621 bits per heavy atom. The molecule has 16 nitrogen and oxygen atoms in total. The maximum absolute atomic E-state index is 12.3. The van der Waals surface area contributed by atoms with Crippen LogP contribution in [0.4, 0.5) is 0 Å². The summed E-state index contributed by atoms with van der Waals surface area (Å²) in [7, 11) is 2.36. The van der Waals surface area contributed by atoms with Crippen LogP contribution in [0.5, 0.6) is 23.0 Å². The van der Waals surface area contributed by atoms with Crippen LogP contribution in [0.1, 0.15) is 72.2 Å². The molecule has 20 heteroatoms. The van der Waals surface area contributed by atoms with Gasteiger partial charge in [-0.2, -0.15) is 0 Å². The second-order valence-corrected chi connectivity index (χ2v) is 25.0. The van der Waals surface area contributed by atoms with Gasteiger partial charge in [-0.25, -0.2) is 9.59 Å². The number of rotatable bonds is 8. The van der Waals surface area contributed by atoms with E-state index < -0.39 is 31.3 Å². The third-order valence-corrected chi connectivity index (χ3v) is 18.9. The Balaban J connectivity index is 0.000000142. The number of benzene rings is 6. The van der Waals surface area contributed by atoms with Gasteiger partial charge in [-0.15, -0.1) is 12.4 Å². The Hall–Kier alpha value is -7.99. The molecule has 0 aliphatic carbocycles. The van der Waals surface area contributed by atoms with E-state index in [0.29, 0.717) is 57.1 Å². The summed E-state index contributed by atoms with van der Waals surface area (Å²) < 4.78 is 32.3. The number of carbonyl (C=O) groups excluding carboxylic acids is 2. The topological polar surface area (TPSA) is 222 Å².